The van der Waals surface area contributed by atoms with Gasteiger partial charge in [0.15, 0.2) is 0 Å². The fraction of sp³-hybridized carbons (Fsp3) is 0.769. The molecule has 0 aliphatic carbocycles. The van der Waals surface area contributed by atoms with Crippen molar-refractivity contribution in [3.8, 4) is 0 Å². The van der Waals surface area contributed by atoms with Crippen LogP contribution in [0.2, 0.25) is 5.02 Å². The molecule has 0 bridgehead atoms. The molecule has 1 unspecified atom stereocenters. The minimum Gasteiger partial charge on any atom is -0.294 e. The van der Waals surface area contributed by atoms with Crippen molar-refractivity contribution in [2.45, 2.75) is 52.2 Å². The summed E-state index contributed by atoms with van der Waals surface area (Å²) in [5, 5.41) is 6.38. The molecule has 0 radical (unpaired) electrons. The third-order valence-electron chi connectivity index (χ3n) is 3.73. The predicted octanol–water partition coefficient (Wildman–Crippen LogP) is 3.61. The fourth-order valence-electron chi connectivity index (χ4n) is 2.66. The molecule has 1 aromatic heterocycles. The van der Waals surface area contributed by atoms with Crippen LogP contribution >= 0.6 is 27.5 Å². The molecule has 0 amide bonds. The van der Waals surface area contributed by atoms with Crippen LogP contribution in [0.1, 0.15) is 37.6 Å². The van der Waals surface area contributed by atoms with Crippen molar-refractivity contribution in [1.29, 1.82) is 0 Å². The van der Waals surface area contributed by atoms with Gasteiger partial charge >= 0.3 is 0 Å². The van der Waals surface area contributed by atoms with E-state index in [-0.39, 0.29) is 0 Å². The predicted molar refractivity (Wildman–Crippen MR) is 79.5 cm³/mol. The Hall–Kier alpha value is -0.0600. The lowest BCUT2D eigenvalue weighted by Crippen LogP contribution is -2.40. The van der Waals surface area contributed by atoms with Crippen LogP contribution < -0.4 is 0 Å². The minimum absolute atomic E-state index is 0.635. The normalized spacial score (nSPS) is 21.4. The number of halogens is 2. The number of rotatable bonds is 4. The second-order valence-corrected chi connectivity index (χ2v) is 5.96. The Morgan fingerprint density at radius 1 is 1.44 bits per heavy atom. The minimum atomic E-state index is 0.635. The van der Waals surface area contributed by atoms with E-state index < -0.39 is 0 Å². The highest BCUT2D eigenvalue weighted by molar-refractivity contribution is 9.09. The van der Waals surface area contributed by atoms with Crippen LogP contribution in [-0.2, 0) is 13.1 Å². The molecule has 0 N–H and O–H groups in total. The Balaban J connectivity index is 2.17. The Labute approximate surface area is 123 Å². The quantitative estimate of drug-likeness (QED) is 0.784. The van der Waals surface area contributed by atoms with Crippen molar-refractivity contribution in [1.82, 2.24) is 14.7 Å². The van der Waals surface area contributed by atoms with Crippen LogP contribution in [0.3, 0.4) is 0 Å². The maximum atomic E-state index is 6.38. The summed E-state index contributed by atoms with van der Waals surface area (Å²) in [6, 6.07) is 0.635. The molecule has 102 valence electrons. The lowest BCUT2D eigenvalue weighted by Gasteiger charge is -2.34. The van der Waals surface area contributed by atoms with Crippen molar-refractivity contribution in [2.24, 2.45) is 0 Å². The first-order valence-electron chi connectivity index (χ1n) is 6.69. The Morgan fingerprint density at radius 2 is 2.22 bits per heavy atom. The number of hydrogen-bond donors (Lipinski definition) is 0. The standard InChI is InChI=1S/C13H21BrClN3/c1-3-18-12(13(15)10(2)16-18)9-17-7-5-4-6-11(17)8-14/h11H,3-9H2,1-2H3. The molecule has 0 aromatic carbocycles. The van der Waals surface area contributed by atoms with Gasteiger partial charge in [0.2, 0.25) is 0 Å². The molecule has 3 nitrogen and oxygen atoms in total. The van der Waals surface area contributed by atoms with Crippen molar-refractivity contribution in [3.05, 3.63) is 16.4 Å². The van der Waals surface area contributed by atoms with Gasteiger partial charge in [0.05, 0.1) is 16.4 Å². The van der Waals surface area contributed by atoms with Gasteiger partial charge in [-0.1, -0.05) is 34.0 Å². The van der Waals surface area contributed by atoms with E-state index >= 15 is 0 Å². The average molecular weight is 335 g/mol. The zero-order valence-corrected chi connectivity index (χ0v) is 13.5. The lowest BCUT2D eigenvalue weighted by molar-refractivity contribution is 0.152. The molecule has 1 atom stereocenters. The number of hydrogen-bond acceptors (Lipinski definition) is 2. The Bertz CT molecular complexity index is 405. The van der Waals surface area contributed by atoms with Crippen molar-refractivity contribution in [3.63, 3.8) is 0 Å². The number of piperidine rings is 1. The molecule has 1 fully saturated rings. The summed E-state index contributed by atoms with van der Waals surface area (Å²) in [5.74, 6) is 0. The molecule has 5 heteroatoms. The summed E-state index contributed by atoms with van der Waals surface area (Å²) in [6.07, 6.45) is 3.91. The first-order valence-corrected chi connectivity index (χ1v) is 8.19. The molecule has 18 heavy (non-hydrogen) atoms. The van der Waals surface area contributed by atoms with Gasteiger partial charge in [0.1, 0.15) is 0 Å². The monoisotopic (exact) mass is 333 g/mol. The highest BCUT2D eigenvalue weighted by Crippen LogP contribution is 2.26. The van der Waals surface area contributed by atoms with E-state index in [1.165, 1.54) is 31.5 Å². The zero-order valence-electron chi connectivity index (χ0n) is 11.1. The van der Waals surface area contributed by atoms with E-state index in [0.717, 1.165) is 29.1 Å². The summed E-state index contributed by atoms with van der Waals surface area (Å²) in [4.78, 5) is 2.53. The maximum Gasteiger partial charge on any atom is 0.0860 e. The average Bonchev–Trinajstić information content (AvgIpc) is 2.67. The second-order valence-electron chi connectivity index (χ2n) is 4.94. The molecule has 1 aliphatic heterocycles. The van der Waals surface area contributed by atoms with Gasteiger partial charge in [-0.15, -0.1) is 0 Å². The molecule has 1 aromatic rings. The molecule has 2 rings (SSSR count). The van der Waals surface area contributed by atoms with Crippen LogP contribution in [0.4, 0.5) is 0 Å². The first-order chi connectivity index (χ1) is 8.67. The number of aryl methyl sites for hydroxylation is 2. The summed E-state index contributed by atoms with van der Waals surface area (Å²) in [6.45, 7) is 7.07. The molecule has 1 saturated heterocycles. The zero-order chi connectivity index (χ0) is 13.1. The van der Waals surface area contributed by atoms with Gasteiger partial charge < -0.3 is 0 Å². The van der Waals surface area contributed by atoms with Crippen LogP contribution in [0.15, 0.2) is 0 Å². The van der Waals surface area contributed by atoms with Gasteiger partial charge in [0.25, 0.3) is 0 Å². The molecule has 2 heterocycles. The van der Waals surface area contributed by atoms with Crippen LogP contribution in [0.5, 0.6) is 0 Å². The van der Waals surface area contributed by atoms with Gasteiger partial charge in [-0.2, -0.15) is 5.10 Å². The summed E-state index contributed by atoms with van der Waals surface area (Å²) < 4.78 is 2.04. The fourth-order valence-corrected chi connectivity index (χ4v) is 3.58. The smallest absolute Gasteiger partial charge is 0.0860 e. The molecular weight excluding hydrogens is 314 g/mol. The summed E-state index contributed by atoms with van der Waals surface area (Å²) in [5.41, 5.74) is 2.12. The van der Waals surface area contributed by atoms with Crippen molar-refractivity contribution in [2.75, 3.05) is 11.9 Å². The van der Waals surface area contributed by atoms with Gasteiger partial charge in [-0.05, 0) is 33.2 Å². The number of aromatic nitrogens is 2. The molecule has 1 aliphatic rings. The van der Waals surface area contributed by atoms with Gasteiger partial charge in [0, 0.05) is 24.5 Å². The van der Waals surface area contributed by atoms with Crippen molar-refractivity contribution < 1.29 is 0 Å². The molecule has 0 saturated carbocycles. The highest BCUT2D eigenvalue weighted by atomic mass is 79.9. The van der Waals surface area contributed by atoms with Crippen molar-refractivity contribution >= 4 is 27.5 Å². The van der Waals surface area contributed by atoms with Crippen LogP contribution in [0, 0.1) is 6.92 Å². The summed E-state index contributed by atoms with van der Waals surface area (Å²) in [7, 11) is 0. The molecular formula is C13H21BrClN3. The SMILES string of the molecule is CCn1nc(C)c(Cl)c1CN1CCCCC1CBr. The Morgan fingerprint density at radius 3 is 2.89 bits per heavy atom. The second kappa shape index (κ2) is 6.40. The number of nitrogens with zero attached hydrogens (tertiary/aromatic N) is 3. The molecule has 0 spiro atoms. The topological polar surface area (TPSA) is 21.1 Å². The van der Waals surface area contributed by atoms with Crippen LogP contribution in [-0.4, -0.2) is 32.6 Å². The number of alkyl halides is 1. The van der Waals surface area contributed by atoms with Crippen LogP contribution in [0.25, 0.3) is 0 Å². The van der Waals surface area contributed by atoms with E-state index in [4.69, 9.17) is 11.6 Å². The largest absolute Gasteiger partial charge is 0.294 e. The third kappa shape index (κ3) is 2.91. The van der Waals surface area contributed by atoms with Gasteiger partial charge in [-0.3, -0.25) is 9.58 Å². The van der Waals surface area contributed by atoms with E-state index in [1.807, 2.05) is 11.6 Å². The van der Waals surface area contributed by atoms with E-state index in [1.54, 1.807) is 0 Å². The van der Waals surface area contributed by atoms with E-state index in [2.05, 4.69) is 32.9 Å². The lowest BCUT2D eigenvalue weighted by atomic mass is 10.0. The van der Waals surface area contributed by atoms with Gasteiger partial charge in [-0.25, -0.2) is 0 Å². The van der Waals surface area contributed by atoms with E-state index in [0.29, 0.717) is 6.04 Å². The van der Waals surface area contributed by atoms with E-state index in [9.17, 15) is 0 Å². The number of likely N-dealkylation sites (tertiary alicyclic amines) is 1. The summed E-state index contributed by atoms with van der Waals surface area (Å²) >= 11 is 10.0. The maximum absolute atomic E-state index is 6.38. The highest BCUT2D eigenvalue weighted by Gasteiger charge is 2.24. The Kier molecular flexibility index (Phi) is 5.10. The third-order valence-corrected chi connectivity index (χ3v) is 4.97. The first kappa shape index (κ1) is 14.4.